The van der Waals surface area contributed by atoms with Crippen LogP contribution in [0.5, 0.6) is 0 Å². The number of nitriles is 1. The molecule has 0 aliphatic heterocycles. The van der Waals surface area contributed by atoms with Crippen LogP contribution in [0.1, 0.15) is 11.3 Å². The molecule has 0 amide bonds. The summed E-state index contributed by atoms with van der Waals surface area (Å²) in [4.78, 5) is 12.8. The average Bonchev–Trinajstić information content (AvgIpc) is 2.76. The predicted octanol–water partition coefficient (Wildman–Crippen LogP) is 5.04. The first-order valence-corrected chi connectivity index (χ1v) is 9.05. The van der Waals surface area contributed by atoms with E-state index in [-0.39, 0.29) is 5.02 Å². The number of nitrogens with one attached hydrogen (secondary N) is 2. The van der Waals surface area contributed by atoms with Crippen molar-refractivity contribution in [2.45, 2.75) is 6.54 Å². The molecule has 0 saturated heterocycles. The lowest BCUT2D eigenvalue weighted by Gasteiger charge is -2.13. The molecule has 0 aliphatic carbocycles. The van der Waals surface area contributed by atoms with Gasteiger partial charge in [-0.2, -0.15) is 5.26 Å². The number of pyridine rings is 3. The molecule has 0 atom stereocenters. The Hall–Kier alpha value is -3.76. The third-order valence-corrected chi connectivity index (χ3v) is 4.55. The summed E-state index contributed by atoms with van der Waals surface area (Å²) in [5.41, 5.74) is 3.74. The molecule has 29 heavy (non-hydrogen) atoms. The van der Waals surface area contributed by atoms with Crippen LogP contribution in [0.4, 0.5) is 21.5 Å². The first-order valence-electron chi connectivity index (χ1n) is 8.68. The lowest BCUT2D eigenvalue weighted by molar-refractivity contribution is 0.628. The summed E-state index contributed by atoms with van der Waals surface area (Å²) < 4.78 is 13.5. The van der Waals surface area contributed by atoms with E-state index in [1.54, 1.807) is 24.7 Å². The van der Waals surface area contributed by atoms with Gasteiger partial charge in [0.15, 0.2) is 0 Å². The molecule has 3 aromatic heterocycles. The molecule has 0 aliphatic rings. The summed E-state index contributed by atoms with van der Waals surface area (Å²) in [5.74, 6) is -0.509. The fraction of sp³-hybridized carbons (Fsp3) is 0.0476. The Morgan fingerprint density at radius 3 is 2.72 bits per heavy atom. The van der Waals surface area contributed by atoms with Crippen molar-refractivity contribution in [3.8, 4) is 6.07 Å². The van der Waals surface area contributed by atoms with Crippen LogP contribution in [0.15, 0.2) is 61.2 Å². The van der Waals surface area contributed by atoms with E-state index in [1.165, 1.54) is 18.3 Å². The first-order chi connectivity index (χ1) is 14.1. The van der Waals surface area contributed by atoms with Gasteiger partial charge in [0, 0.05) is 29.7 Å². The highest BCUT2D eigenvalue weighted by molar-refractivity contribution is 6.31. The van der Waals surface area contributed by atoms with E-state index in [9.17, 15) is 9.65 Å². The van der Waals surface area contributed by atoms with Crippen LogP contribution in [0, 0.1) is 17.1 Å². The van der Waals surface area contributed by atoms with Gasteiger partial charge in [-0.15, -0.1) is 0 Å². The minimum Gasteiger partial charge on any atom is -0.378 e. The van der Waals surface area contributed by atoms with Gasteiger partial charge in [-0.3, -0.25) is 15.0 Å². The molecule has 0 saturated carbocycles. The number of hydrogen-bond acceptors (Lipinski definition) is 6. The minimum atomic E-state index is -0.509. The van der Waals surface area contributed by atoms with Crippen LogP contribution in [0.25, 0.3) is 10.9 Å². The van der Waals surface area contributed by atoms with Gasteiger partial charge in [0.2, 0.25) is 0 Å². The number of hydrogen-bond donors (Lipinski definition) is 2. The molecule has 2 N–H and O–H groups in total. The molecule has 8 heteroatoms. The number of aromatic nitrogens is 3. The smallest absolute Gasteiger partial charge is 0.141 e. The van der Waals surface area contributed by atoms with Crippen LogP contribution in [-0.4, -0.2) is 15.0 Å². The highest BCUT2D eigenvalue weighted by Gasteiger charge is 2.12. The SMILES string of the molecule is N#Cc1cnc2cnc(CNc3cccnc3)cc2c1Nc1ccc(F)c(Cl)c1. The van der Waals surface area contributed by atoms with Gasteiger partial charge in [0.25, 0.3) is 0 Å². The Labute approximate surface area is 171 Å². The second-order valence-electron chi connectivity index (χ2n) is 6.20. The second kappa shape index (κ2) is 8.09. The number of halogens is 2. The highest BCUT2D eigenvalue weighted by Crippen LogP contribution is 2.30. The first kappa shape index (κ1) is 18.6. The fourth-order valence-electron chi connectivity index (χ4n) is 2.83. The van der Waals surface area contributed by atoms with Gasteiger partial charge in [-0.05, 0) is 36.4 Å². The monoisotopic (exact) mass is 404 g/mol. The number of rotatable bonds is 5. The van der Waals surface area contributed by atoms with E-state index in [0.29, 0.717) is 29.0 Å². The van der Waals surface area contributed by atoms with Crippen LogP contribution in [0.2, 0.25) is 5.02 Å². The van der Waals surface area contributed by atoms with Crippen LogP contribution < -0.4 is 10.6 Å². The number of fused-ring (bicyclic) bond motifs is 1. The molecule has 4 aromatic rings. The van der Waals surface area contributed by atoms with E-state index in [1.807, 2.05) is 18.2 Å². The van der Waals surface area contributed by atoms with E-state index in [0.717, 1.165) is 16.8 Å². The molecular weight excluding hydrogens is 391 g/mol. The van der Waals surface area contributed by atoms with Crippen molar-refractivity contribution < 1.29 is 4.39 Å². The quantitative estimate of drug-likeness (QED) is 0.484. The van der Waals surface area contributed by atoms with Gasteiger partial charge in [0.1, 0.15) is 11.9 Å². The molecular formula is C21H14ClFN6. The van der Waals surface area contributed by atoms with Crippen molar-refractivity contribution in [3.63, 3.8) is 0 Å². The van der Waals surface area contributed by atoms with E-state index >= 15 is 0 Å². The van der Waals surface area contributed by atoms with Crippen LogP contribution in [0.3, 0.4) is 0 Å². The third-order valence-electron chi connectivity index (χ3n) is 4.26. The van der Waals surface area contributed by atoms with Crippen molar-refractivity contribution in [2.24, 2.45) is 0 Å². The van der Waals surface area contributed by atoms with Crippen molar-refractivity contribution in [1.82, 2.24) is 15.0 Å². The van der Waals surface area contributed by atoms with Crippen molar-refractivity contribution >= 4 is 39.6 Å². The normalized spacial score (nSPS) is 10.5. The molecule has 4 rings (SSSR count). The summed E-state index contributed by atoms with van der Waals surface area (Å²) >= 11 is 5.88. The maximum Gasteiger partial charge on any atom is 0.141 e. The third kappa shape index (κ3) is 4.08. The zero-order chi connectivity index (χ0) is 20.2. The molecule has 142 valence electrons. The Balaban J connectivity index is 1.71. The Morgan fingerprint density at radius 2 is 1.97 bits per heavy atom. The van der Waals surface area contributed by atoms with Crippen molar-refractivity contribution in [3.05, 3.63) is 83.3 Å². The number of anilines is 3. The molecule has 1 aromatic carbocycles. The summed E-state index contributed by atoms with van der Waals surface area (Å²) in [5, 5.41) is 16.7. The average molecular weight is 405 g/mol. The Morgan fingerprint density at radius 1 is 1.07 bits per heavy atom. The van der Waals surface area contributed by atoms with Gasteiger partial charge >= 0.3 is 0 Å². The molecule has 0 radical (unpaired) electrons. The van der Waals surface area contributed by atoms with Crippen molar-refractivity contribution in [1.29, 1.82) is 5.26 Å². The summed E-state index contributed by atoms with van der Waals surface area (Å²) in [6.07, 6.45) is 6.56. The summed E-state index contributed by atoms with van der Waals surface area (Å²) in [6.45, 7) is 0.472. The van der Waals surface area contributed by atoms with E-state index in [4.69, 9.17) is 11.6 Å². The van der Waals surface area contributed by atoms with E-state index in [2.05, 4.69) is 31.7 Å². The van der Waals surface area contributed by atoms with Gasteiger partial charge < -0.3 is 10.6 Å². The van der Waals surface area contributed by atoms with Gasteiger partial charge in [0.05, 0.1) is 45.9 Å². The molecule has 0 bridgehead atoms. The Kier molecular flexibility index (Phi) is 5.18. The van der Waals surface area contributed by atoms with Crippen LogP contribution >= 0.6 is 11.6 Å². The standard InChI is InChI=1S/C21H14ClFN6/c22-18-7-14(3-4-19(18)23)29-21-13(8-24)9-28-20-12-27-16(6-17(20)21)11-26-15-2-1-5-25-10-15/h1-7,9-10,12,26H,11H2,(H,28,29). The van der Waals surface area contributed by atoms with Gasteiger partial charge in [-0.25, -0.2) is 4.39 Å². The lowest BCUT2D eigenvalue weighted by atomic mass is 10.1. The maximum absolute atomic E-state index is 13.5. The van der Waals surface area contributed by atoms with E-state index < -0.39 is 5.82 Å². The zero-order valence-corrected chi connectivity index (χ0v) is 15.8. The predicted molar refractivity (Wildman–Crippen MR) is 111 cm³/mol. The molecule has 0 spiro atoms. The second-order valence-corrected chi connectivity index (χ2v) is 6.61. The summed E-state index contributed by atoms with van der Waals surface area (Å²) in [7, 11) is 0. The topological polar surface area (TPSA) is 86.5 Å². The van der Waals surface area contributed by atoms with Crippen LogP contribution in [-0.2, 0) is 6.54 Å². The van der Waals surface area contributed by atoms with Crippen molar-refractivity contribution in [2.75, 3.05) is 10.6 Å². The highest BCUT2D eigenvalue weighted by atomic mass is 35.5. The molecule has 0 unspecified atom stereocenters. The maximum atomic E-state index is 13.5. The van der Waals surface area contributed by atoms with Gasteiger partial charge in [-0.1, -0.05) is 11.6 Å². The zero-order valence-electron chi connectivity index (χ0n) is 15.0. The number of benzene rings is 1. The molecule has 0 fully saturated rings. The number of nitrogens with zero attached hydrogens (tertiary/aromatic N) is 4. The minimum absolute atomic E-state index is 0.00473. The summed E-state index contributed by atoms with van der Waals surface area (Å²) in [6, 6.07) is 12.0. The lowest BCUT2D eigenvalue weighted by Crippen LogP contribution is -2.03. The molecule has 3 heterocycles. The largest absolute Gasteiger partial charge is 0.378 e. The fourth-order valence-corrected chi connectivity index (χ4v) is 3.01. The Bertz CT molecular complexity index is 1220. The molecule has 6 nitrogen and oxygen atoms in total.